The third-order valence-electron chi connectivity index (χ3n) is 1.95. The summed E-state index contributed by atoms with van der Waals surface area (Å²) in [5, 5.41) is -1.65. The highest BCUT2D eigenvalue weighted by atomic mass is 35.5. The van der Waals surface area contributed by atoms with Crippen LogP contribution in [-0.4, -0.2) is 16.6 Å². The molecule has 0 aliphatic rings. The molecule has 0 fully saturated rings. The Bertz CT molecular complexity index is 528. The SMILES string of the molecule is O=C(Cl)c1c(CCl)ncc(OC(F)(F)F)c1C(F)(F)F. The predicted octanol–water partition coefficient (Wildman–Crippen LogP) is 4.12. The van der Waals surface area contributed by atoms with Gasteiger partial charge < -0.3 is 4.74 Å². The van der Waals surface area contributed by atoms with E-state index in [0.29, 0.717) is 0 Å². The Kier molecular flexibility index (Phi) is 4.75. The van der Waals surface area contributed by atoms with Gasteiger partial charge in [-0.3, -0.25) is 9.78 Å². The highest BCUT2D eigenvalue weighted by molar-refractivity contribution is 6.68. The van der Waals surface area contributed by atoms with Crippen molar-refractivity contribution in [2.75, 3.05) is 0 Å². The van der Waals surface area contributed by atoms with E-state index in [-0.39, 0.29) is 6.20 Å². The molecule has 1 aromatic rings. The van der Waals surface area contributed by atoms with Crippen molar-refractivity contribution in [3.63, 3.8) is 0 Å². The molecule has 1 rings (SSSR count). The summed E-state index contributed by atoms with van der Waals surface area (Å²) < 4.78 is 77.9. The zero-order chi connectivity index (χ0) is 15.7. The van der Waals surface area contributed by atoms with Crippen LogP contribution >= 0.6 is 23.2 Å². The molecule has 3 nitrogen and oxygen atoms in total. The number of nitrogens with zero attached hydrogens (tertiary/aromatic N) is 1. The van der Waals surface area contributed by atoms with E-state index in [4.69, 9.17) is 23.2 Å². The van der Waals surface area contributed by atoms with Gasteiger partial charge in [0.1, 0.15) is 5.56 Å². The summed E-state index contributed by atoms with van der Waals surface area (Å²) >= 11 is 10.2. The maximum Gasteiger partial charge on any atom is 0.573 e. The highest BCUT2D eigenvalue weighted by Crippen LogP contribution is 2.41. The largest absolute Gasteiger partial charge is 0.573 e. The molecule has 0 saturated carbocycles. The Morgan fingerprint density at radius 1 is 1.25 bits per heavy atom. The minimum atomic E-state index is -5.39. The minimum absolute atomic E-state index is 0.178. The lowest BCUT2D eigenvalue weighted by Gasteiger charge is -2.18. The molecule has 1 heterocycles. The third kappa shape index (κ3) is 3.89. The second kappa shape index (κ2) is 5.65. The average Bonchev–Trinajstić information content (AvgIpc) is 2.24. The van der Waals surface area contributed by atoms with Gasteiger partial charge in [0.25, 0.3) is 5.24 Å². The molecule has 0 radical (unpaired) electrons. The topological polar surface area (TPSA) is 39.2 Å². The van der Waals surface area contributed by atoms with Gasteiger partial charge in [-0.05, 0) is 11.6 Å². The highest BCUT2D eigenvalue weighted by Gasteiger charge is 2.43. The number of alkyl halides is 7. The molecule has 0 N–H and O–H groups in total. The minimum Gasteiger partial charge on any atom is -0.403 e. The molecular formula is C9H3Cl2F6NO2. The van der Waals surface area contributed by atoms with Crippen molar-refractivity contribution in [2.24, 2.45) is 0 Å². The normalized spacial score (nSPS) is 12.4. The Morgan fingerprint density at radius 2 is 1.80 bits per heavy atom. The van der Waals surface area contributed by atoms with Crippen LogP contribution in [0.1, 0.15) is 21.6 Å². The Balaban J connectivity index is 3.62. The van der Waals surface area contributed by atoms with Gasteiger partial charge in [0.05, 0.1) is 23.3 Å². The first kappa shape index (κ1) is 16.8. The monoisotopic (exact) mass is 341 g/mol. The van der Waals surface area contributed by atoms with Crippen molar-refractivity contribution in [3.8, 4) is 5.75 Å². The van der Waals surface area contributed by atoms with E-state index in [1.54, 1.807) is 0 Å². The predicted molar refractivity (Wildman–Crippen MR) is 55.7 cm³/mol. The van der Waals surface area contributed by atoms with Crippen LogP contribution in [0.15, 0.2) is 6.20 Å². The maximum atomic E-state index is 12.8. The Labute approximate surface area is 117 Å². The molecular weight excluding hydrogens is 339 g/mol. The molecule has 0 aromatic carbocycles. The standard InChI is InChI=1S/C9H3Cl2F6NO2/c10-1-3-5(7(11)19)6(8(12,13)14)4(2-18-3)20-9(15,16)17/h2H,1H2. The molecule has 0 unspecified atom stereocenters. The maximum absolute atomic E-state index is 12.8. The summed E-state index contributed by atoms with van der Waals surface area (Å²) in [5.41, 5.74) is -3.84. The third-order valence-corrected chi connectivity index (χ3v) is 2.40. The summed E-state index contributed by atoms with van der Waals surface area (Å²) in [6, 6.07) is 0. The van der Waals surface area contributed by atoms with E-state index in [9.17, 15) is 31.1 Å². The van der Waals surface area contributed by atoms with Crippen molar-refractivity contribution in [1.82, 2.24) is 4.98 Å². The van der Waals surface area contributed by atoms with Gasteiger partial charge in [-0.1, -0.05) is 0 Å². The van der Waals surface area contributed by atoms with Crippen LogP contribution in [0.25, 0.3) is 0 Å². The van der Waals surface area contributed by atoms with E-state index in [0.717, 1.165) is 0 Å². The van der Waals surface area contributed by atoms with Crippen LogP contribution < -0.4 is 4.74 Å². The van der Waals surface area contributed by atoms with Gasteiger partial charge in [-0.15, -0.1) is 24.8 Å². The number of ether oxygens (including phenoxy) is 1. The molecule has 0 aliphatic carbocycles. The lowest BCUT2D eigenvalue weighted by Crippen LogP contribution is -2.23. The molecule has 0 atom stereocenters. The van der Waals surface area contributed by atoms with Gasteiger partial charge >= 0.3 is 12.5 Å². The van der Waals surface area contributed by atoms with Crippen molar-refractivity contribution in [3.05, 3.63) is 23.0 Å². The first-order valence-electron chi connectivity index (χ1n) is 4.58. The van der Waals surface area contributed by atoms with Crippen molar-refractivity contribution < 1.29 is 35.9 Å². The fourth-order valence-corrected chi connectivity index (χ4v) is 1.74. The zero-order valence-corrected chi connectivity index (χ0v) is 10.6. The van der Waals surface area contributed by atoms with Crippen LogP contribution in [0.2, 0.25) is 0 Å². The van der Waals surface area contributed by atoms with E-state index in [1.807, 2.05) is 0 Å². The van der Waals surface area contributed by atoms with Crippen molar-refractivity contribution >= 4 is 28.4 Å². The lowest BCUT2D eigenvalue weighted by atomic mass is 10.1. The van der Waals surface area contributed by atoms with Crippen molar-refractivity contribution in [1.29, 1.82) is 0 Å². The molecule has 0 saturated heterocycles. The Morgan fingerprint density at radius 3 is 2.15 bits per heavy atom. The van der Waals surface area contributed by atoms with Gasteiger partial charge in [-0.25, -0.2) is 0 Å². The molecule has 0 bridgehead atoms. The first-order valence-corrected chi connectivity index (χ1v) is 5.49. The van der Waals surface area contributed by atoms with Crippen LogP contribution in [0.5, 0.6) is 5.75 Å². The second-order valence-corrected chi connectivity index (χ2v) is 3.88. The molecule has 0 amide bonds. The molecule has 20 heavy (non-hydrogen) atoms. The first-order chi connectivity index (χ1) is 8.97. The molecule has 0 aliphatic heterocycles. The Hall–Kier alpha value is -1.22. The van der Waals surface area contributed by atoms with Crippen molar-refractivity contribution in [2.45, 2.75) is 18.4 Å². The van der Waals surface area contributed by atoms with E-state index in [2.05, 4.69) is 9.72 Å². The number of hydrogen-bond donors (Lipinski definition) is 0. The number of hydrogen-bond acceptors (Lipinski definition) is 3. The smallest absolute Gasteiger partial charge is 0.403 e. The van der Waals surface area contributed by atoms with Gasteiger partial charge in [0.15, 0.2) is 5.75 Å². The molecule has 11 heteroatoms. The summed E-state index contributed by atoms with van der Waals surface area (Å²) in [4.78, 5) is 14.3. The van der Waals surface area contributed by atoms with Crippen LogP contribution in [0.4, 0.5) is 26.3 Å². The van der Waals surface area contributed by atoms with Gasteiger partial charge in [-0.2, -0.15) is 13.2 Å². The number of carbonyl (C=O) groups excluding carboxylic acids is 1. The number of aromatic nitrogens is 1. The summed E-state index contributed by atoms with van der Waals surface area (Å²) in [7, 11) is 0. The number of pyridine rings is 1. The van der Waals surface area contributed by atoms with Crippen LogP contribution in [0.3, 0.4) is 0 Å². The fourth-order valence-electron chi connectivity index (χ4n) is 1.33. The zero-order valence-electron chi connectivity index (χ0n) is 9.07. The summed E-state index contributed by atoms with van der Waals surface area (Å²) in [6.07, 6.45) is -10.5. The number of carbonyl (C=O) groups is 1. The quantitative estimate of drug-likeness (QED) is 0.471. The van der Waals surface area contributed by atoms with Gasteiger partial charge in [0, 0.05) is 0 Å². The van der Waals surface area contributed by atoms with E-state index >= 15 is 0 Å². The average molecular weight is 342 g/mol. The number of rotatable bonds is 3. The van der Waals surface area contributed by atoms with Crippen LogP contribution in [-0.2, 0) is 12.1 Å². The molecule has 0 spiro atoms. The van der Waals surface area contributed by atoms with E-state index < -0.39 is 46.2 Å². The molecule has 1 aromatic heterocycles. The number of halogens is 8. The van der Waals surface area contributed by atoms with E-state index in [1.165, 1.54) is 0 Å². The van der Waals surface area contributed by atoms with Gasteiger partial charge in [0.2, 0.25) is 0 Å². The molecule has 112 valence electrons. The summed E-state index contributed by atoms with van der Waals surface area (Å²) in [5.74, 6) is -2.33. The fraction of sp³-hybridized carbons (Fsp3) is 0.333. The van der Waals surface area contributed by atoms with Crippen LogP contribution in [0, 0.1) is 0 Å². The summed E-state index contributed by atoms with van der Waals surface area (Å²) in [6.45, 7) is 0. The second-order valence-electron chi connectivity index (χ2n) is 3.27. The lowest BCUT2D eigenvalue weighted by molar-refractivity contribution is -0.276.